The number of benzene rings is 1. The van der Waals surface area contributed by atoms with Gasteiger partial charge in [0.2, 0.25) is 0 Å². The fourth-order valence-electron chi connectivity index (χ4n) is 1.58. The summed E-state index contributed by atoms with van der Waals surface area (Å²) in [6, 6.07) is 7.71. The molecule has 0 fully saturated rings. The van der Waals surface area contributed by atoms with E-state index >= 15 is 0 Å². The highest BCUT2D eigenvalue weighted by Gasteiger charge is 2.19. The third-order valence-corrected chi connectivity index (χ3v) is 3.00. The van der Waals surface area contributed by atoms with Gasteiger partial charge in [-0.1, -0.05) is 45.0 Å². The number of rotatable bonds is 4. The molecule has 0 heterocycles. The first-order valence-corrected chi connectivity index (χ1v) is 5.78. The van der Waals surface area contributed by atoms with Gasteiger partial charge in [-0.25, -0.2) is 0 Å². The first-order valence-electron chi connectivity index (χ1n) is 5.35. The van der Waals surface area contributed by atoms with Crippen molar-refractivity contribution in [2.75, 3.05) is 0 Å². The average Bonchev–Trinajstić information content (AvgIpc) is 2.27. The van der Waals surface area contributed by atoms with Crippen LogP contribution in [0.5, 0.6) is 0 Å². The third-order valence-electron chi connectivity index (χ3n) is 2.49. The summed E-state index contributed by atoms with van der Waals surface area (Å²) in [7, 11) is 0. The zero-order valence-corrected chi connectivity index (χ0v) is 10.2. The summed E-state index contributed by atoms with van der Waals surface area (Å²) in [6.07, 6.45) is 0.673. The third kappa shape index (κ3) is 2.82. The van der Waals surface area contributed by atoms with Crippen LogP contribution in [-0.4, -0.2) is 11.2 Å². The number of alkyl halides is 1. The van der Waals surface area contributed by atoms with Crippen LogP contribution in [0.3, 0.4) is 0 Å². The minimum absolute atomic E-state index is 0.0449. The van der Waals surface area contributed by atoms with Crippen molar-refractivity contribution in [3.05, 3.63) is 35.4 Å². The largest absolute Gasteiger partial charge is 0.292 e. The van der Waals surface area contributed by atoms with Gasteiger partial charge in [0.15, 0.2) is 5.78 Å². The van der Waals surface area contributed by atoms with Crippen molar-refractivity contribution in [3.63, 3.8) is 0 Å². The Hall–Kier alpha value is -0.820. The van der Waals surface area contributed by atoms with E-state index in [0.29, 0.717) is 12.3 Å². The van der Waals surface area contributed by atoms with Crippen molar-refractivity contribution in [2.24, 2.45) is 0 Å². The van der Waals surface area contributed by atoms with Crippen molar-refractivity contribution in [3.8, 4) is 0 Å². The molecular weight excluding hydrogens is 208 g/mol. The van der Waals surface area contributed by atoms with Crippen LogP contribution in [0, 0.1) is 0 Å². The van der Waals surface area contributed by atoms with Crippen LogP contribution in [0.4, 0.5) is 0 Å². The molecule has 1 atom stereocenters. The zero-order chi connectivity index (χ0) is 11.4. The summed E-state index contributed by atoms with van der Waals surface area (Å²) >= 11 is 5.98. The zero-order valence-electron chi connectivity index (χ0n) is 9.46. The van der Waals surface area contributed by atoms with E-state index in [2.05, 4.69) is 13.8 Å². The molecule has 2 heteroatoms. The molecule has 0 saturated carbocycles. The van der Waals surface area contributed by atoms with Crippen molar-refractivity contribution in [1.29, 1.82) is 0 Å². The van der Waals surface area contributed by atoms with E-state index < -0.39 is 5.38 Å². The highest BCUT2D eigenvalue weighted by molar-refractivity contribution is 6.34. The van der Waals surface area contributed by atoms with Crippen LogP contribution in [0.15, 0.2) is 24.3 Å². The van der Waals surface area contributed by atoms with E-state index in [0.717, 1.165) is 11.1 Å². The van der Waals surface area contributed by atoms with Crippen LogP contribution in [-0.2, 0) is 0 Å². The summed E-state index contributed by atoms with van der Waals surface area (Å²) in [4.78, 5) is 12.0. The molecule has 1 aromatic carbocycles. The maximum Gasteiger partial charge on any atom is 0.180 e. The van der Waals surface area contributed by atoms with Gasteiger partial charge in [-0.15, -0.1) is 11.6 Å². The molecule has 0 saturated heterocycles. The van der Waals surface area contributed by atoms with Crippen LogP contribution >= 0.6 is 11.6 Å². The highest BCUT2D eigenvalue weighted by atomic mass is 35.5. The Labute approximate surface area is 96.5 Å². The number of hydrogen-bond acceptors (Lipinski definition) is 1. The van der Waals surface area contributed by atoms with Crippen LogP contribution in [0.25, 0.3) is 0 Å². The minimum atomic E-state index is -0.398. The Balaban J connectivity index is 3.08. The minimum Gasteiger partial charge on any atom is -0.292 e. The predicted octanol–water partition coefficient (Wildman–Crippen LogP) is 4.01. The molecule has 0 aliphatic carbocycles. The molecule has 0 aromatic heterocycles. The van der Waals surface area contributed by atoms with Gasteiger partial charge < -0.3 is 0 Å². The Kier molecular flexibility index (Phi) is 4.34. The normalized spacial score (nSPS) is 12.9. The molecule has 0 aliphatic heterocycles. The maximum atomic E-state index is 12.0. The lowest BCUT2D eigenvalue weighted by Gasteiger charge is -2.13. The summed E-state index contributed by atoms with van der Waals surface area (Å²) in [5.74, 6) is 0.398. The molecule has 1 nitrogen and oxygen atoms in total. The molecule has 0 aliphatic rings. The van der Waals surface area contributed by atoms with Crippen LogP contribution in [0.1, 0.15) is 49.0 Å². The Morgan fingerprint density at radius 1 is 1.33 bits per heavy atom. The molecule has 15 heavy (non-hydrogen) atoms. The van der Waals surface area contributed by atoms with Crippen molar-refractivity contribution < 1.29 is 4.79 Å². The fraction of sp³-hybridized carbons (Fsp3) is 0.462. The van der Waals surface area contributed by atoms with E-state index in [-0.39, 0.29) is 5.78 Å². The van der Waals surface area contributed by atoms with Gasteiger partial charge >= 0.3 is 0 Å². The summed E-state index contributed by atoms with van der Waals surface area (Å²) in [5, 5.41) is -0.398. The Bertz CT molecular complexity index is 344. The molecule has 1 rings (SSSR count). The van der Waals surface area contributed by atoms with E-state index in [4.69, 9.17) is 11.6 Å². The van der Waals surface area contributed by atoms with Gasteiger partial charge in [-0.05, 0) is 17.9 Å². The number of Topliss-reactive ketones (excluding diaryl/α,β-unsaturated/α-hetero) is 1. The molecule has 0 spiro atoms. The number of halogens is 1. The topological polar surface area (TPSA) is 17.1 Å². The number of carbonyl (C=O) groups excluding carboxylic acids is 1. The van der Waals surface area contributed by atoms with Gasteiger partial charge in [-0.2, -0.15) is 0 Å². The SMILES string of the molecule is CCC(Cl)C(=O)c1ccccc1C(C)C. The first-order chi connectivity index (χ1) is 7.07. The number of hydrogen-bond donors (Lipinski definition) is 0. The van der Waals surface area contributed by atoms with Gasteiger partial charge in [0, 0.05) is 5.56 Å². The summed E-state index contributed by atoms with van der Waals surface area (Å²) in [5.41, 5.74) is 1.86. The molecule has 82 valence electrons. The Morgan fingerprint density at radius 2 is 1.93 bits per heavy atom. The second-order valence-corrected chi connectivity index (χ2v) is 4.51. The second kappa shape index (κ2) is 5.32. The van der Waals surface area contributed by atoms with E-state index in [1.807, 2.05) is 31.2 Å². The average molecular weight is 225 g/mol. The van der Waals surface area contributed by atoms with Gasteiger partial charge in [0.1, 0.15) is 0 Å². The van der Waals surface area contributed by atoms with E-state index in [1.54, 1.807) is 0 Å². The number of carbonyl (C=O) groups is 1. The molecule has 1 aromatic rings. The molecule has 0 radical (unpaired) electrons. The second-order valence-electron chi connectivity index (χ2n) is 3.98. The lowest BCUT2D eigenvalue weighted by Crippen LogP contribution is -2.16. The van der Waals surface area contributed by atoms with Crippen molar-refractivity contribution in [2.45, 2.75) is 38.5 Å². The summed E-state index contributed by atoms with van der Waals surface area (Å²) in [6.45, 7) is 6.09. The molecular formula is C13H17ClO. The first kappa shape index (κ1) is 12.3. The van der Waals surface area contributed by atoms with Crippen LogP contribution < -0.4 is 0 Å². The predicted molar refractivity (Wildman–Crippen MR) is 64.8 cm³/mol. The molecule has 1 unspecified atom stereocenters. The monoisotopic (exact) mass is 224 g/mol. The summed E-state index contributed by atoms with van der Waals surface area (Å²) < 4.78 is 0. The van der Waals surface area contributed by atoms with E-state index in [9.17, 15) is 4.79 Å². The maximum absolute atomic E-state index is 12.0. The van der Waals surface area contributed by atoms with Gasteiger partial charge in [-0.3, -0.25) is 4.79 Å². The van der Waals surface area contributed by atoms with Gasteiger partial charge in [0.25, 0.3) is 0 Å². The smallest absolute Gasteiger partial charge is 0.180 e. The van der Waals surface area contributed by atoms with Crippen LogP contribution in [0.2, 0.25) is 0 Å². The van der Waals surface area contributed by atoms with Crippen molar-refractivity contribution >= 4 is 17.4 Å². The van der Waals surface area contributed by atoms with E-state index in [1.165, 1.54) is 0 Å². The fourth-order valence-corrected chi connectivity index (χ4v) is 1.70. The molecule has 0 bridgehead atoms. The molecule has 0 N–H and O–H groups in total. The standard InChI is InChI=1S/C13H17ClO/c1-4-12(14)13(15)11-8-6-5-7-10(11)9(2)3/h5-9,12H,4H2,1-3H3. The lowest BCUT2D eigenvalue weighted by atomic mass is 9.93. The highest BCUT2D eigenvalue weighted by Crippen LogP contribution is 2.22. The lowest BCUT2D eigenvalue weighted by molar-refractivity contribution is 0.0984. The van der Waals surface area contributed by atoms with Gasteiger partial charge in [0.05, 0.1) is 5.38 Å². The van der Waals surface area contributed by atoms with Crippen molar-refractivity contribution in [1.82, 2.24) is 0 Å². The number of ketones is 1. The quantitative estimate of drug-likeness (QED) is 0.558. The Morgan fingerprint density at radius 3 is 2.47 bits per heavy atom. The molecule has 0 amide bonds.